The topological polar surface area (TPSA) is 41.1 Å². The molecule has 4 atom stereocenters. The fourth-order valence-electron chi connectivity index (χ4n) is 5.57. The van der Waals surface area contributed by atoms with Gasteiger partial charge in [0.1, 0.15) is 6.17 Å². The minimum atomic E-state index is -0.558. The van der Waals surface area contributed by atoms with E-state index in [0.29, 0.717) is 17.9 Å². The molecule has 1 amide bonds. The Morgan fingerprint density at radius 2 is 1.84 bits per heavy atom. The zero-order valence-electron chi connectivity index (χ0n) is 15.5. The van der Waals surface area contributed by atoms with Crippen molar-refractivity contribution < 1.29 is 9.18 Å². The van der Waals surface area contributed by atoms with Crippen molar-refractivity contribution >= 4 is 5.91 Å². The number of rotatable bonds is 5. The van der Waals surface area contributed by atoms with Crippen molar-refractivity contribution in [2.75, 3.05) is 13.1 Å². The minimum Gasteiger partial charge on any atom is -0.352 e. The molecule has 3 aliphatic rings. The number of hydrogen-bond acceptors (Lipinski definition) is 2. The smallest absolute Gasteiger partial charge is 0.243 e. The van der Waals surface area contributed by atoms with E-state index in [0.717, 1.165) is 50.6 Å². The van der Waals surface area contributed by atoms with Gasteiger partial charge in [-0.3, -0.25) is 4.79 Å². The van der Waals surface area contributed by atoms with Crippen molar-refractivity contribution in [1.29, 1.82) is 0 Å². The number of nitrogens with one attached hydrogen (secondary N) is 2. The SMILES string of the molecule is C=CC(=O)NCC1CCC(C2CCC(F)CC2)CC1C1CCCCN1. The van der Waals surface area contributed by atoms with Crippen LogP contribution in [0.1, 0.15) is 64.2 Å². The van der Waals surface area contributed by atoms with Crippen molar-refractivity contribution in [2.45, 2.75) is 76.4 Å². The molecule has 1 saturated heterocycles. The summed E-state index contributed by atoms with van der Waals surface area (Å²) in [6.45, 7) is 5.46. The van der Waals surface area contributed by atoms with Gasteiger partial charge in [0.05, 0.1) is 0 Å². The van der Waals surface area contributed by atoms with Gasteiger partial charge in [-0.25, -0.2) is 4.39 Å². The standard InChI is InChI=1S/C21H35FN2O/c1-2-21(25)24-14-17-7-6-16(15-8-10-18(22)11-9-15)13-19(17)20-5-3-4-12-23-20/h2,15-20,23H,1,3-14H2,(H,24,25). The van der Waals surface area contributed by atoms with Crippen molar-refractivity contribution in [3.8, 4) is 0 Å². The predicted octanol–water partition coefficient (Wildman–Crippen LogP) is 3.99. The number of halogens is 1. The molecule has 0 aromatic heterocycles. The molecule has 1 aliphatic heterocycles. The Kier molecular flexibility index (Phi) is 6.92. The van der Waals surface area contributed by atoms with E-state index in [9.17, 15) is 9.18 Å². The number of amides is 1. The highest BCUT2D eigenvalue weighted by molar-refractivity contribution is 5.86. The fourth-order valence-corrected chi connectivity index (χ4v) is 5.57. The van der Waals surface area contributed by atoms with Crippen LogP contribution in [0.5, 0.6) is 0 Å². The van der Waals surface area contributed by atoms with Crippen molar-refractivity contribution in [3.05, 3.63) is 12.7 Å². The number of alkyl halides is 1. The highest BCUT2D eigenvalue weighted by Crippen LogP contribution is 2.44. The third kappa shape index (κ3) is 5.06. The summed E-state index contributed by atoms with van der Waals surface area (Å²) >= 11 is 0. The van der Waals surface area contributed by atoms with E-state index in [1.54, 1.807) is 0 Å². The zero-order chi connectivity index (χ0) is 17.6. The maximum atomic E-state index is 13.5. The Bertz CT molecular complexity index is 441. The number of hydrogen-bond donors (Lipinski definition) is 2. The van der Waals surface area contributed by atoms with Crippen LogP contribution in [0.3, 0.4) is 0 Å². The maximum absolute atomic E-state index is 13.5. The quantitative estimate of drug-likeness (QED) is 0.736. The first kappa shape index (κ1) is 18.9. The highest BCUT2D eigenvalue weighted by Gasteiger charge is 2.39. The lowest BCUT2D eigenvalue weighted by atomic mass is 9.64. The molecular weight excluding hydrogens is 315 g/mol. The second-order valence-electron chi connectivity index (χ2n) is 8.51. The summed E-state index contributed by atoms with van der Waals surface area (Å²) in [5, 5.41) is 6.80. The van der Waals surface area contributed by atoms with Gasteiger partial charge < -0.3 is 10.6 Å². The zero-order valence-corrected chi connectivity index (χ0v) is 15.5. The first-order chi connectivity index (χ1) is 12.2. The fraction of sp³-hybridized carbons (Fsp3) is 0.857. The second kappa shape index (κ2) is 9.16. The van der Waals surface area contributed by atoms with Gasteiger partial charge in [-0.15, -0.1) is 0 Å². The highest BCUT2D eigenvalue weighted by atomic mass is 19.1. The first-order valence-electron chi connectivity index (χ1n) is 10.4. The van der Waals surface area contributed by atoms with E-state index in [1.165, 1.54) is 44.6 Å². The van der Waals surface area contributed by atoms with Gasteiger partial charge in [-0.05, 0) is 94.1 Å². The molecule has 2 N–H and O–H groups in total. The molecule has 1 heterocycles. The molecule has 0 aromatic carbocycles. The molecule has 0 radical (unpaired) electrons. The van der Waals surface area contributed by atoms with E-state index >= 15 is 0 Å². The largest absolute Gasteiger partial charge is 0.352 e. The lowest BCUT2D eigenvalue weighted by molar-refractivity contribution is -0.116. The van der Waals surface area contributed by atoms with Crippen LogP contribution in [0.25, 0.3) is 0 Å². The molecule has 2 saturated carbocycles. The number of carbonyl (C=O) groups is 1. The molecule has 3 fully saturated rings. The van der Waals surface area contributed by atoms with Gasteiger partial charge in [-0.1, -0.05) is 13.0 Å². The van der Waals surface area contributed by atoms with Gasteiger partial charge in [0.2, 0.25) is 5.91 Å². The molecule has 2 aliphatic carbocycles. The minimum absolute atomic E-state index is 0.0567. The van der Waals surface area contributed by atoms with Crippen molar-refractivity contribution in [3.63, 3.8) is 0 Å². The van der Waals surface area contributed by atoms with Crippen molar-refractivity contribution in [1.82, 2.24) is 10.6 Å². The molecule has 142 valence electrons. The van der Waals surface area contributed by atoms with Crippen LogP contribution in [-0.2, 0) is 4.79 Å². The molecule has 4 unspecified atom stereocenters. The summed E-state index contributed by atoms with van der Waals surface area (Å²) in [6, 6.07) is 0.597. The van der Waals surface area contributed by atoms with Gasteiger partial charge in [0, 0.05) is 12.6 Å². The van der Waals surface area contributed by atoms with Gasteiger partial charge in [0.25, 0.3) is 0 Å². The third-order valence-corrected chi connectivity index (χ3v) is 7.05. The number of carbonyl (C=O) groups excluding carboxylic acids is 1. The molecular formula is C21H35FN2O. The average molecular weight is 351 g/mol. The second-order valence-corrected chi connectivity index (χ2v) is 8.51. The summed E-state index contributed by atoms with van der Waals surface area (Å²) in [6.07, 6.45) is 12.1. The number of piperidine rings is 1. The first-order valence-corrected chi connectivity index (χ1v) is 10.4. The summed E-state index contributed by atoms with van der Waals surface area (Å²) in [4.78, 5) is 11.6. The predicted molar refractivity (Wildman–Crippen MR) is 100 cm³/mol. The molecule has 4 heteroatoms. The van der Waals surface area contributed by atoms with Gasteiger partial charge in [0.15, 0.2) is 0 Å². The molecule has 0 spiro atoms. The normalized spacial score (nSPS) is 39.6. The van der Waals surface area contributed by atoms with Crippen molar-refractivity contribution in [2.24, 2.45) is 23.7 Å². The Morgan fingerprint density at radius 1 is 1.08 bits per heavy atom. The Labute approximate surface area is 152 Å². The van der Waals surface area contributed by atoms with E-state index in [1.807, 2.05) is 0 Å². The van der Waals surface area contributed by atoms with Crippen LogP contribution in [0.2, 0.25) is 0 Å². The Morgan fingerprint density at radius 3 is 2.52 bits per heavy atom. The van der Waals surface area contributed by atoms with E-state index in [2.05, 4.69) is 17.2 Å². The summed E-state index contributed by atoms with van der Waals surface area (Å²) in [7, 11) is 0. The summed E-state index contributed by atoms with van der Waals surface area (Å²) < 4.78 is 13.5. The van der Waals surface area contributed by atoms with Crippen LogP contribution in [0.4, 0.5) is 4.39 Å². The van der Waals surface area contributed by atoms with Crippen LogP contribution < -0.4 is 10.6 Å². The molecule has 25 heavy (non-hydrogen) atoms. The monoisotopic (exact) mass is 350 g/mol. The van der Waals surface area contributed by atoms with Gasteiger partial charge >= 0.3 is 0 Å². The maximum Gasteiger partial charge on any atom is 0.243 e. The van der Waals surface area contributed by atoms with Crippen LogP contribution in [0, 0.1) is 23.7 Å². The van der Waals surface area contributed by atoms with E-state index < -0.39 is 6.17 Å². The summed E-state index contributed by atoms with van der Waals surface area (Å²) in [5.41, 5.74) is 0. The molecule has 3 rings (SSSR count). The third-order valence-electron chi connectivity index (χ3n) is 7.05. The molecule has 0 aromatic rings. The van der Waals surface area contributed by atoms with Crippen LogP contribution in [-0.4, -0.2) is 31.2 Å². The Balaban J connectivity index is 1.61. The lowest BCUT2D eigenvalue weighted by Gasteiger charge is -2.45. The van der Waals surface area contributed by atoms with E-state index in [4.69, 9.17) is 0 Å². The van der Waals surface area contributed by atoms with Crippen LogP contribution >= 0.6 is 0 Å². The molecule has 0 bridgehead atoms. The van der Waals surface area contributed by atoms with E-state index in [-0.39, 0.29) is 5.91 Å². The Hall–Kier alpha value is -0.900. The average Bonchev–Trinajstić information content (AvgIpc) is 2.67. The van der Waals surface area contributed by atoms with Gasteiger partial charge in [-0.2, -0.15) is 0 Å². The van der Waals surface area contributed by atoms with Crippen LogP contribution in [0.15, 0.2) is 12.7 Å². The lowest BCUT2D eigenvalue weighted by Crippen LogP contribution is -2.48. The molecule has 3 nitrogen and oxygen atoms in total. The summed E-state index contributed by atoms with van der Waals surface area (Å²) in [5.74, 6) is 2.63.